The maximum absolute atomic E-state index is 5.60. The molecule has 0 unspecified atom stereocenters. The van der Waals surface area contributed by atoms with Gasteiger partial charge in [-0.15, -0.1) is 0 Å². The average molecular weight is 213 g/mol. The van der Waals surface area contributed by atoms with Crippen molar-refractivity contribution in [1.82, 2.24) is 4.98 Å². The van der Waals surface area contributed by atoms with Crippen molar-refractivity contribution in [2.45, 2.75) is 13.5 Å². The van der Waals surface area contributed by atoms with Crippen molar-refractivity contribution in [3.63, 3.8) is 0 Å². The van der Waals surface area contributed by atoms with E-state index in [2.05, 4.69) is 16.4 Å². The number of rotatable bonds is 3. The van der Waals surface area contributed by atoms with Crippen LogP contribution in [0.3, 0.4) is 0 Å². The fourth-order valence-corrected chi connectivity index (χ4v) is 1.57. The number of hydrogen-bond donors (Lipinski definition) is 2. The van der Waals surface area contributed by atoms with Gasteiger partial charge in [0.05, 0.1) is 0 Å². The van der Waals surface area contributed by atoms with Crippen LogP contribution in [0.2, 0.25) is 0 Å². The second-order valence-electron chi connectivity index (χ2n) is 3.72. The lowest BCUT2D eigenvalue weighted by atomic mass is 10.2. The fourth-order valence-electron chi connectivity index (χ4n) is 1.57. The summed E-state index contributed by atoms with van der Waals surface area (Å²) in [5.41, 5.74) is 9.81. The summed E-state index contributed by atoms with van der Waals surface area (Å²) in [6.45, 7) is 2.53. The van der Waals surface area contributed by atoms with Crippen LogP contribution < -0.4 is 11.1 Å². The molecule has 3 N–H and O–H groups in total. The Morgan fingerprint density at radius 2 is 2.00 bits per heavy atom. The zero-order valence-corrected chi connectivity index (χ0v) is 9.27. The van der Waals surface area contributed by atoms with Crippen LogP contribution in [0.4, 0.5) is 11.4 Å². The first-order chi connectivity index (χ1) is 7.78. The Balaban J connectivity index is 2.20. The van der Waals surface area contributed by atoms with Crippen LogP contribution in [0.15, 0.2) is 42.6 Å². The van der Waals surface area contributed by atoms with Crippen LogP contribution in [0.1, 0.15) is 11.3 Å². The van der Waals surface area contributed by atoms with E-state index in [1.165, 1.54) is 0 Å². The molecule has 3 nitrogen and oxygen atoms in total. The summed E-state index contributed by atoms with van der Waals surface area (Å²) in [6, 6.07) is 12.0. The summed E-state index contributed by atoms with van der Waals surface area (Å²) in [6.07, 6.45) is 1.80. The van der Waals surface area contributed by atoms with E-state index in [-0.39, 0.29) is 0 Å². The highest BCUT2D eigenvalue weighted by atomic mass is 14.9. The molecule has 1 aromatic heterocycles. The smallest absolute Gasteiger partial charge is 0.0417 e. The predicted molar refractivity (Wildman–Crippen MR) is 66.6 cm³/mol. The molecule has 2 aromatic rings. The number of benzene rings is 1. The fraction of sp³-hybridized carbons (Fsp3) is 0.154. The number of anilines is 2. The Hall–Kier alpha value is -1.87. The van der Waals surface area contributed by atoms with E-state index in [9.17, 15) is 0 Å². The van der Waals surface area contributed by atoms with E-state index in [1.54, 1.807) is 6.20 Å². The van der Waals surface area contributed by atoms with E-state index >= 15 is 0 Å². The lowest BCUT2D eigenvalue weighted by molar-refractivity contribution is 1.07. The monoisotopic (exact) mass is 213 g/mol. The third-order valence-corrected chi connectivity index (χ3v) is 2.35. The molecule has 0 aliphatic heterocycles. The van der Waals surface area contributed by atoms with Crippen molar-refractivity contribution < 1.29 is 0 Å². The molecular weight excluding hydrogens is 198 g/mol. The molecule has 0 atom stereocenters. The molecule has 0 aliphatic rings. The molecule has 0 saturated heterocycles. The number of aromatic nitrogens is 1. The molecule has 3 heteroatoms. The highest BCUT2D eigenvalue weighted by Crippen LogP contribution is 2.17. The van der Waals surface area contributed by atoms with Gasteiger partial charge in [-0.25, -0.2) is 0 Å². The van der Waals surface area contributed by atoms with Crippen molar-refractivity contribution in [1.29, 1.82) is 0 Å². The van der Waals surface area contributed by atoms with E-state index in [0.29, 0.717) is 6.54 Å². The number of nitrogens with zero attached hydrogens (tertiary/aromatic N) is 1. The maximum atomic E-state index is 5.60. The molecule has 0 spiro atoms. The van der Waals surface area contributed by atoms with Crippen LogP contribution in [-0.4, -0.2) is 4.98 Å². The first-order valence-corrected chi connectivity index (χ1v) is 5.26. The molecule has 0 radical (unpaired) electrons. The minimum absolute atomic E-state index is 0.560. The van der Waals surface area contributed by atoms with Crippen molar-refractivity contribution in [2.24, 2.45) is 5.73 Å². The van der Waals surface area contributed by atoms with Gasteiger partial charge in [0.2, 0.25) is 0 Å². The quantitative estimate of drug-likeness (QED) is 0.824. The zero-order valence-electron chi connectivity index (χ0n) is 9.27. The summed E-state index contributed by atoms with van der Waals surface area (Å²) in [5, 5.41) is 3.32. The van der Waals surface area contributed by atoms with Gasteiger partial charge >= 0.3 is 0 Å². The topological polar surface area (TPSA) is 50.9 Å². The molecule has 0 fully saturated rings. The second kappa shape index (κ2) is 4.77. The van der Waals surface area contributed by atoms with Crippen molar-refractivity contribution in [2.75, 3.05) is 5.32 Å². The van der Waals surface area contributed by atoms with E-state index in [0.717, 1.165) is 22.6 Å². The zero-order chi connectivity index (χ0) is 11.4. The third kappa shape index (κ3) is 2.58. The van der Waals surface area contributed by atoms with Crippen LogP contribution in [-0.2, 0) is 6.54 Å². The Kier molecular flexibility index (Phi) is 3.17. The molecule has 1 heterocycles. The van der Waals surface area contributed by atoms with Crippen LogP contribution in [0.25, 0.3) is 0 Å². The highest BCUT2D eigenvalue weighted by molar-refractivity contribution is 5.60. The SMILES string of the molecule is Cc1cc(Nc2cccc(CN)c2)ccn1. The first kappa shape index (κ1) is 10.6. The van der Waals surface area contributed by atoms with Crippen LogP contribution >= 0.6 is 0 Å². The van der Waals surface area contributed by atoms with E-state index in [1.807, 2.05) is 37.3 Å². The first-order valence-electron chi connectivity index (χ1n) is 5.26. The van der Waals surface area contributed by atoms with Crippen molar-refractivity contribution in [3.8, 4) is 0 Å². The van der Waals surface area contributed by atoms with E-state index in [4.69, 9.17) is 5.73 Å². The minimum Gasteiger partial charge on any atom is -0.355 e. The number of aryl methyl sites for hydroxylation is 1. The van der Waals surface area contributed by atoms with Gasteiger partial charge in [0.25, 0.3) is 0 Å². The second-order valence-corrected chi connectivity index (χ2v) is 3.72. The Morgan fingerprint density at radius 3 is 2.75 bits per heavy atom. The standard InChI is InChI=1S/C13H15N3/c1-10-7-13(5-6-15-10)16-12-4-2-3-11(8-12)9-14/h2-8H,9,14H2,1H3,(H,15,16). The van der Waals surface area contributed by atoms with Gasteiger partial charge in [0, 0.05) is 29.8 Å². The number of nitrogens with one attached hydrogen (secondary N) is 1. The predicted octanol–water partition coefficient (Wildman–Crippen LogP) is 2.59. The van der Waals surface area contributed by atoms with Gasteiger partial charge in [-0.05, 0) is 36.8 Å². The van der Waals surface area contributed by atoms with Gasteiger partial charge in [0.1, 0.15) is 0 Å². The van der Waals surface area contributed by atoms with E-state index < -0.39 is 0 Å². The molecule has 0 bridgehead atoms. The van der Waals surface area contributed by atoms with Gasteiger partial charge in [0.15, 0.2) is 0 Å². The summed E-state index contributed by atoms with van der Waals surface area (Å²) in [5.74, 6) is 0. The maximum Gasteiger partial charge on any atom is 0.0417 e. The Bertz CT molecular complexity index is 480. The van der Waals surface area contributed by atoms with Crippen molar-refractivity contribution in [3.05, 3.63) is 53.9 Å². The molecule has 0 aliphatic carbocycles. The largest absolute Gasteiger partial charge is 0.355 e. The van der Waals surface area contributed by atoms with Crippen LogP contribution in [0, 0.1) is 6.92 Å². The van der Waals surface area contributed by atoms with Crippen LogP contribution in [0.5, 0.6) is 0 Å². The molecule has 0 amide bonds. The van der Waals surface area contributed by atoms with Crippen molar-refractivity contribution >= 4 is 11.4 Å². The Morgan fingerprint density at radius 1 is 1.19 bits per heavy atom. The lowest BCUT2D eigenvalue weighted by Crippen LogP contribution is -1.97. The van der Waals surface area contributed by atoms with Gasteiger partial charge in [-0.3, -0.25) is 4.98 Å². The molecule has 2 rings (SSSR count). The van der Waals surface area contributed by atoms with Gasteiger partial charge in [-0.1, -0.05) is 12.1 Å². The third-order valence-electron chi connectivity index (χ3n) is 2.35. The molecule has 1 aromatic carbocycles. The molecule has 82 valence electrons. The summed E-state index contributed by atoms with van der Waals surface area (Å²) >= 11 is 0. The molecular formula is C13H15N3. The average Bonchev–Trinajstić information content (AvgIpc) is 2.29. The summed E-state index contributed by atoms with van der Waals surface area (Å²) in [7, 11) is 0. The summed E-state index contributed by atoms with van der Waals surface area (Å²) < 4.78 is 0. The Labute approximate surface area is 95.3 Å². The van der Waals surface area contributed by atoms with Gasteiger partial charge < -0.3 is 11.1 Å². The lowest BCUT2D eigenvalue weighted by Gasteiger charge is -2.07. The molecule has 0 saturated carbocycles. The normalized spacial score (nSPS) is 10.1. The summed E-state index contributed by atoms with van der Waals surface area (Å²) in [4.78, 5) is 4.16. The molecule has 16 heavy (non-hydrogen) atoms. The number of nitrogens with two attached hydrogens (primary N) is 1. The van der Waals surface area contributed by atoms with Gasteiger partial charge in [-0.2, -0.15) is 0 Å². The highest BCUT2D eigenvalue weighted by Gasteiger charge is 1.96. The minimum atomic E-state index is 0.560. The number of hydrogen-bond acceptors (Lipinski definition) is 3. The number of pyridine rings is 1.